The van der Waals surface area contributed by atoms with Crippen LogP contribution in [-0.4, -0.2) is 38.8 Å². The lowest BCUT2D eigenvalue weighted by Crippen LogP contribution is -2.38. The molecule has 0 spiro atoms. The van der Waals surface area contributed by atoms with Gasteiger partial charge in [-0.1, -0.05) is 5.16 Å². The van der Waals surface area contributed by atoms with E-state index in [2.05, 4.69) is 15.5 Å². The number of thioether (sulfide) groups is 1. The monoisotopic (exact) mass is 264 g/mol. The average Bonchev–Trinajstić information content (AvgIpc) is 2.99. The minimum absolute atomic E-state index is 0.452. The molecule has 0 amide bonds. The molecular weight excluding hydrogens is 248 g/mol. The van der Waals surface area contributed by atoms with Gasteiger partial charge in [0.2, 0.25) is 11.7 Å². The lowest BCUT2D eigenvalue weighted by Gasteiger charge is -2.21. The van der Waals surface area contributed by atoms with Gasteiger partial charge in [-0.25, -0.2) is 0 Å². The Morgan fingerprint density at radius 2 is 2.56 bits per heavy atom. The Kier molecular flexibility index (Phi) is 3.38. The molecule has 1 unspecified atom stereocenters. The van der Waals surface area contributed by atoms with Crippen molar-refractivity contribution in [1.82, 2.24) is 20.0 Å². The first-order valence-electron chi connectivity index (χ1n) is 6.07. The summed E-state index contributed by atoms with van der Waals surface area (Å²) >= 11 is 1.97. The van der Waals surface area contributed by atoms with E-state index < -0.39 is 0 Å². The summed E-state index contributed by atoms with van der Waals surface area (Å²) in [6.45, 7) is 1.06. The van der Waals surface area contributed by atoms with Crippen LogP contribution < -0.4 is 5.32 Å². The number of hydrogen-bond donors (Lipinski definition) is 1. The van der Waals surface area contributed by atoms with Crippen molar-refractivity contribution in [2.75, 3.05) is 18.1 Å². The van der Waals surface area contributed by atoms with Gasteiger partial charge in [0.05, 0.1) is 0 Å². The number of hydrogen-bond acceptors (Lipinski definition) is 5. The van der Waals surface area contributed by atoms with Crippen molar-refractivity contribution in [2.24, 2.45) is 7.05 Å². The summed E-state index contributed by atoms with van der Waals surface area (Å²) in [4.78, 5) is 4.45. The van der Waals surface area contributed by atoms with E-state index in [9.17, 15) is 0 Å². The molecule has 5 nitrogen and oxygen atoms in total. The standard InChI is InChI=1S/C12H16N4OS/c1-16-4-2-9(7-16)12-14-11(17-15-12)6-10-8-18-5-3-13-10/h2,4,7,10,13H,3,5-6,8H2,1H3. The lowest BCUT2D eigenvalue weighted by atomic mass is 10.2. The van der Waals surface area contributed by atoms with Crippen LogP contribution in [0, 0.1) is 0 Å². The fourth-order valence-electron chi connectivity index (χ4n) is 2.05. The number of aryl methyl sites for hydroxylation is 1. The lowest BCUT2D eigenvalue weighted by molar-refractivity contribution is 0.363. The summed E-state index contributed by atoms with van der Waals surface area (Å²) in [6.07, 6.45) is 4.78. The van der Waals surface area contributed by atoms with Gasteiger partial charge >= 0.3 is 0 Å². The highest BCUT2D eigenvalue weighted by atomic mass is 32.2. The molecule has 0 radical (unpaired) electrons. The Hall–Kier alpha value is -1.27. The normalized spacial score (nSPS) is 20.2. The van der Waals surface area contributed by atoms with Gasteiger partial charge in [-0.05, 0) is 6.07 Å². The van der Waals surface area contributed by atoms with E-state index in [4.69, 9.17) is 4.52 Å². The second kappa shape index (κ2) is 5.16. The second-order valence-electron chi connectivity index (χ2n) is 4.51. The smallest absolute Gasteiger partial charge is 0.228 e. The molecule has 96 valence electrons. The fraction of sp³-hybridized carbons (Fsp3) is 0.500. The maximum Gasteiger partial charge on any atom is 0.228 e. The van der Waals surface area contributed by atoms with Gasteiger partial charge in [-0.15, -0.1) is 0 Å². The number of nitrogens with one attached hydrogen (secondary N) is 1. The topological polar surface area (TPSA) is 55.9 Å². The Morgan fingerprint density at radius 3 is 3.28 bits per heavy atom. The molecule has 3 heterocycles. The van der Waals surface area contributed by atoms with E-state index in [0.717, 1.165) is 24.3 Å². The summed E-state index contributed by atoms with van der Waals surface area (Å²) in [5, 5.41) is 7.50. The highest BCUT2D eigenvalue weighted by Crippen LogP contribution is 2.17. The number of aromatic nitrogens is 3. The van der Waals surface area contributed by atoms with Crippen LogP contribution >= 0.6 is 11.8 Å². The van der Waals surface area contributed by atoms with Crippen LogP contribution in [0.3, 0.4) is 0 Å². The quantitative estimate of drug-likeness (QED) is 0.906. The van der Waals surface area contributed by atoms with Crippen molar-refractivity contribution in [3.63, 3.8) is 0 Å². The largest absolute Gasteiger partial charge is 0.357 e. The predicted octanol–water partition coefficient (Wildman–Crippen LogP) is 1.32. The molecule has 1 aliphatic rings. The van der Waals surface area contributed by atoms with Gasteiger partial charge in [0.15, 0.2) is 0 Å². The van der Waals surface area contributed by atoms with Gasteiger partial charge in [0.1, 0.15) is 0 Å². The van der Waals surface area contributed by atoms with Crippen molar-refractivity contribution in [2.45, 2.75) is 12.5 Å². The highest BCUT2D eigenvalue weighted by Gasteiger charge is 2.17. The van der Waals surface area contributed by atoms with E-state index in [1.54, 1.807) is 0 Å². The molecule has 2 aromatic heterocycles. The van der Waals surface area contributed by atoms with Crippen LogP contribution in [0.15, 0.2) is 23.0 Å². The maximum atomic E-state index is 5.31. The molecule has 2 aromatic rings. The van der Waals surface area contributed by atoms with Crippen LogP contribution in [0.25, 0.3) is 11.4 Å². The molecule has 0 aromatic carbocycles. The van der Waals surface area contributed by atoms with Crippen molar-refractivity contribution in [3.8, 4) is 11.4 Å². The average molecular weight is 264 g/mol. The summed E-state index contributed by atoms with van der Waals surface area (Å²) in [7, 11) is 1.98. The summed E-state index contributed by atoms with van der Waals surface area (Å²) < 4.78 is 7.29. The van der Waals surface area contributed by atoms with E-state index in [1.165, 1.54) is 5.75 Å². The Bertz CT molecular complexity index is 516. The zero-order valence-electron chi connectivity index (χ0n) is 10.3. The Labute approximate surface area is 110 Å². The Balaban J connectivity index is 1.69. The third-order valence-corrected chi connectivity index (χ3v) is 4.11. The van der Waals surface area contributed by atoms with E-state index in [1.807, 2.05) is 41.8 Å². The first-order valence-corrected chi connectivity index (χ1v) is 7.23. The molecule has 0 aliphatic carbocycles. The second-order valence-corrected chi connectivity index (χ2v) is 5.66. The molecule has 1 fully saturated rings. The molecule has 1 N–H and O–H groups in total. The molecule has 0 saturated carbocycles. The molecule has 3 rings (SSSR count). The van der Waals surface area contributed by atoms with Crippen LogP contribution in [-0.2, 0) is 13.5 Å². The zero-order chi connectivity index (χ0) is 12.4. The van der Waals surface area contributed by atoms with Crippen molar-refractivity contribution >= 4 is 11.8 Å². The van der Waals surface area contributed by atoms with E-state index >= 15 is 0 Å². The minimum atomic E-state index is 0.452. The van der Waals surface area contributed by atoms with Gasteiger partial charge in [-0.2, -0.15) is 16.7 Å². The first kappa shape index (κ1) is 11.8. The van der Waals surface area contributed by atoms with Gasteiger partial charge < -0.3 is 14.4 Å². The molecule has 6 heteroatoms. The van der Waals surface area contributed by atoms with Crippen molar-refractivity contribution in [3.05, 3.63) is 24.4 Å². The molecule has 18 heavy (non-hydrogen) atoms. The summed E-state index contributed by atoms with van der Waals surface area (Å²) in [6, 6.07) is 2.44. The minimum Gasteiger partial charge on any atom is -0.357 e. The number of nitrogens with zero attached hydrogens (tertiary/aromatic N) is 3. The highest BCUT2D eigenvalue weighted by molar-refractivity contribution is 7.99. The van der Waals surface area contributed by atoms with Crippen LogP contribution in [0.5, 0.6) is 0 Å². The third kappa shape index (κ3) is 2.59. The maximum absolute atomic E-state index is 5.31. The van der Waals surface area contributed by atoms with Gasteiger partial charge in [-0.3, -0.25) is 0 Å². The molecule has 1 saturated heterocycles. The Morgan fingerprint density at radius 1 is 1.61 bits per heavy atom. The SMILES string of the molecule is Cn1ccc(-c2noc(CC3CSCCN3)n2)c1. The number of rotatable bonds is 3. The van der Waals surface area contributed by atoms with Crippen molar-refractivity contribution in [1.29, 1.82) is 0 Å². The zero-order valence-corrected chi connectivity index (χ0v) is 11.1. The summed E-state index contributed by atoms with van der Waals surface area (Å²) in [5.74, 6) is 3.70. The first-order chi connectivity index (χ1) is 8.81. The predicted molar refractivity (Wildman–Crippen MR) is 71.5 cm³/mol. The molecule has 1 aliphatic heterocycles. The van der Waals surface area contributed by atoms with Crippen LogP contribution in [0.1, 0.15) is 5.89 Å². The van der Waals surface area contributed by atoms with Crippen molar-refractivity contribution < 1.29 is 4.52 Å². The van der Waals surface area contributed by atoms with Crippen LogP contribution in [0.4, 0.5) is 0 Å². The van der Waals surface area contributed by atoms with E-state index in [-0.39, 0.29) is 0 Å². The molecular formula is C12H16N4OS. The molecule has 0 bridgehead atoms. The molecule has 1 atom stereocenters. The van der Waals surface area contributed by atoms with Gasteiger partial charge in [0, 0.05) is 55.5 Å². The third-order valence-electron chi connectivity index (χ3n) is 2.98. The van der Waals surface area contributed by atoms with Crippen LogP contribution in [0.2, 0.25) is 0 Å². The van der Waals surface area contributed by atoms with E-state index in [0.29, 0.717) is 17.8 Å². The fourth-order valence-corrected chi connectivity index (χ4v) is 3.00. The summed E-state index contributed by atoms with van der Waals surface area (Å²) in [5.41, 5.74) is 0.999. The van der Waals surface area contributed by atoms with Gasteiger partial charge in [0.25, 0.3) is 0 Å².